The highest BCUT2D eigenvalue weighted by Crippen LogP contribution is 2.28. The van der Waals surface area contributed by atoms with E-state index in [4.69, 9.17) is 0 Å². The molecule has 1 amide bonds. The van der Waals surface area contributed by atoms with Crippen molar-refractivity contribution in [1.29, 1.82) is 0 Å². The molecule has 0 saturated heterocycles. The molecule has 0 bridgehead atoms. The number of hydrogen-bond donors (Lipinski definition) is 2. The summed E-state index contributed by atoms with van der Waals surface area (Å²) in [6.07, 6.45) is 3.91. The van der Waals surface area contributed by atoms with Crippen LogP contribution < -0.4 is 0 Å². The van der Waals surface area contributed by atoms with Crippen molar-refractivity contribution in [2.24, 2.45) is 5.92 Å². The number of carbonyl (C=O) groups is 1. The summed E-state index contributed by atoms with van der Waals surface area (Å²) in [5.41, 5.74) is 1.06. The smallest absolute Gasteiger partial charge is 0.270 e. The number of nitrogens with zero attached hydrogens (tertiary/aromatic N) is 2. The van der Waals surface area contributed by atoms with Crippen molar-refractivity contribution in [2.45, 2.75) is 25.4 Å². The first kappa shape index (κ1) is 15.5. The Balaban J connectivity index is 1.85. The minimum absolute atomic E-state index is 0.0416. The monoisotopic (exact) mass is 317 g/mol. The van der Waals surface area contributed by atoms with Crippen LogP contribution in [0.5, 0.6) is 0 Å². The Morgan fingerprint density at radius 1 is 1.48 bits per heavy atom. The molecule has 1 heterocycles. The van der Waals surface area contributed by atoms with Crippen LogP contribution in [0, 0.1) is 16.0 Å². The largest absolute Gasteiger partial charge is 0.393 e. The van der Waals surface area contributed by atoms with E-state index in [1.165, 1.54) is 12.1 Å². The molecule has 1 aromatic carbocycles. The Hall–Kier alpha value is -2.41. The Morgan fingerprint density at radius 2 is 2.26 bits per heavy atom. The topological polar surface area (TPSA) is 99.5 Å². The zero-order chi connectivity index (χ0) is 16.6. The summed E-state index contributed by atoms with van der Waals surface area (Å²) in [6, 6.07) is 4.42. The summed E-state index contributed by atoms with van der Waals surface area (Å²) in [7, 11) is 1.70. The molecule has 0 aliphatic heterocycles. The molecule has 1 aromatic heterocycles. The van der Waals surface area contributed by atoms with Gasteiger partial charge in [0.15, 0.2) is 0 Å². The first-order chi connectivity index (χ1) is 11.0. The third-order valence-corrected chi connectivity index (χ3v) is 4.58. The lowest BCUT2D eigenvalue weighted by Gasteiger charge is -2.23. The van der Waals surface area contributed by atoms with Gasteiger partial charge in [0.2, 0.25) is 0 Å². The van der Waals surface area contributed by atoms with Gasteiger partial charge in [-0.3, -0.25) is 14.9 Å². The number of hydrogen-bond acceptors (Lipinski definition) is 4. The normalized spacial score (nSPS) is 20.8. The van der Waals surface area contributed by atoms with Crippen molar-refractivity contribution in [3.05, 3.63) is 40.1 Å². The SMILES string of the molecule is CN(CC1CCCC1O)C(=O)c1c[nH]c2ccc([N+](=O)[O-])cc12. The fourth-order valence-electron chi connectivity index (χ4n) is 3.27. The Kier molecular flexibility index (Phi) is 4.04. The average molecular weight is 317 g/mol. The molecule has 1 saturated carbocycles. The highest BCUT2D eigenvalue weighted by atomic mass is 16.6. The van der Waals surface area contributed by atoms with E-state index in [0.717, 1.165) is 19.3 Å². The van der Waals surface area contributed by atoms with Gasteiger partial charge in [0.25, 0.3) is 11.6 Å². The number of rotatable bonds is 4. The Bertz CT molecular complexity index is 755. The second-order valence-electron chi connectivity index (χ2n) is 6.13. The number of nitro groups is 1. The van der Waals surface area contributed by atoms with Gasteiger partial charge in [0.05, 0.1) is 16.6 Å². The molecule has 1 aliphatic rings. The fraction of sp³-hybridized carbons (Fsp3) is 0.438. The molecule has 23 heavy (non-hydrogen) atoms. The van der Waals surface area contributed by atoms with E-state index in [1.54, 1.807) is 24.2 Å². The molecule has 0 spiro atoms. The lowest BCUT2D eigenvalue weighted by Crippen LogP contribution is -2.34. The van der Waals surface area contributed by atoms with Gasteiger partial charge in [0, 0.05) is 48.7 Å². The van der Waals surface area contributed by atoms with E-state index < -0.39 is 4.92 Å². The number of nitro benzene ring substituents is 1. The number of aromatic amines is 1. The summed E-state index contributed by atoms with van der Waals surface area (Å²) in [6.45, 7) is 0.488. The number of aromatic nitrogens is 1. The predicted molar refractivity (Wildman–Crippen MR) is 85.3 cm³/mol. The van der Waals surface area contributed by atoms with E-state index in [-0.39, 0.29) is 23.6 Å². The van der Waals surface area contributed by atoms with E-state index in [0.29, 0.717) is 23.0 Å². The second-order valence-corrected chi connectivity index (χ2v) is 6.13. The summed E-state index contributed by atoms with van der Waals surface area (Å²) >= 11 is 0. The molecule has 122 valence electrons. The van der Waals surface area contributed by atoms with Gasteiger partial charge in [0.1, 0.15) is 0 Å². The van der Waals surface area contributed by atoms with E-state index in [1.807, 2.05) is 0 Å². The third kappa shape index (κ3) is 2.92. The molecule has 7 heteroatoms. The van der Waals surface area contributed by atoms with Crippen molar-refractivity contribution in [3.63, 3.8) is 0 Å². The van der Waals surface area contributed by atoms with Crippen molar-refractivity contribution in [3.8, 4) is 0 Å². The van der Waals surface area contributed by atoms with E-state index in [9.17, 15) is 20.0 Å². The quantitative estimate of drug-likeness (QED) is 0.667. The summed E-state index contributed by atoms with van der Waals surface area (Å²) in [5.74, 6) is -0.0978. The molecule has 3 rings (SSSR count). The number of non-ortho nitro benzene ring substituents is 1. The molecule has 1 fully saturated rings. The minimum Gasteiger partial charge on any atom is -0.393 e. The van der Waals surface area contributed by atoms with Gasteiger partial charge in [-0.1, -0.05) is 6.42 Å². The highest BCUT2D eigenvalue weighted by Gasteiger charge is 2.28. The van der Waals surface area contributed by atoms with Crippen LogP contribution in [-0.2, 0) is 0 Å². The van der Waals surface area contributed by atoms with Crippen molar-refractivity contribution < 1.29 is 14.8 Å². The van der Waals surface area contributed by atoms with Crippen LogP contribution in [0.3, 0.4) is 0 Å². The van der Waals surface area contributed by atoms with Gasteiger partial charge in [-0.2, -0.15) is 0 Å². The number of H-pyrrole nitrogens is 1. The Morgan fingerprint density at radius 3 is 2.91 bits per heavy atom. The molecule has 7 nitrogen and oxygen atoms in total. The van der Waals surface area contributed by atoms with Gasteiger partial charge in [-0.25, -0.2) is 0 Å². The predicted octanol–water partition coefficient (Wildman–Crippen LogP) is 2.31. The molecule has 2 atom stereocenters. The molecule has 2 N–H and O–H groups in total. The number of amides is 1. The maximum atomic E-state index is 12.6. The number of aliphatic hydroxyl groups is 1. The average Bonchev–Trinajstić information content (AvgIpc) is 3.12. The van der Waals surface area contributed by atoms with Crippen LogP contribution in [0.4, 0.5) is 5.69 Å². The number of fused-ring (bicyclic) bond motifs is 1. The molecule has 2 aromatic rings. The van der Waals surface area contributed by atoms with E-state index >= 15 is 0 Å². The maximum absolute atomic E-state index is 12.6. The third-order valence-electron chi connectivity index (χ3n) is 4.58. The molecule has 1 aliphatic carbocycles. The van der Waals surface area contributed by atoms with Crippen LogP contribution in [0.1, 0.15) is 29.6 Å². The minimum atomic E-state index is -0.473. The van der Waals surface area contributed by atoms with Gasteiger partial charge in [-0.15, -0.1) is 0 Å². The first-order valence-electron chi connectivity index (χ1n) is 7.66. The number of benzene rings is 1. The van der Waals surface area contributed by atoms with Crippen LogP contribution in [0.2, 0.25) is 0 Å². The van der Waals surface area contributed by atoms with Gasteiger partial charge >= 0.3 is 0 Å². The second kappa shape index (κ2) is 6.00. The van der Waals surface area contributed by atoms with Gasteiger partial charge in [-0.05, 0) is 18.9 Å². The molecular weight excluding hydrogens is 298 g/mol. The van der Waals surface area contributed by atoms with Crippen molar-refractivity contribution in [1.82, 2.24) is 9.88 Å². The van der Waals surface area contributed by atoms with Gasteiger partial charge < -0.3 is 15.0 Å². The van der Waals surface area contributed by atoms with Crippen molar-refractivity contribution >= 4 is 22.5 Å². The fourth-order valence-corrected chi connectivity index (χ4v) is 3.27. The zero-order valence-corrected chi connectivity index (χ0v) is 12.9. The number of aliphatic hydroxyl groups excluding tert-OH is 1. The molecule has 2 unspecified atom stereocenters. The lowest BCUT2D eigenvalue weighted by molar-refractivity contribution is -0.384. The van der Waals surface area contributed by atoms with Crippen LogP contribution in [0.25, 0.3) is 10.9 Å². The number of nitrogens with one attached hydrogen (secondary N) is 1. The zero-order valence-electron chi connectivity index (χ0n) is 12.9. The standard InChI is InChI=1S/C16H19N3O4/c1-18(9-10-3-2-4-15(10)20)16(21)13-8-17-14-6-5-11(19(22)23)7-12(13)14/h5-8,10,15,17,20H,2-4,9H2,1H3. The van der Waals surface area contributed by atoms with Crippen LogP contribution in [-0.4, -0.2) is 45.5 Å². The Labute approximate surface area is 133 Å². The maximum Gasteiger partial charge on any atom is 0.270 e. The highest BCUT2D eigenvalue weighted by molar-refractivity contribution is 6.07. The van der Waals surface area contributed by atoms with E-state index in [2.05, 4.69) is 4.98 Å². The molecular formula is C16H19N3O4. The van der Waals surface area contributed by atoms with Crippen LogP contribution in [0.15, 0.2) is 24.4 Å². The van der Waals surface area contributed by atoms with Crippen LogP contribution >= 0.6 is 0 Å². The summed E-state index contributed by atoms with van der Waals surface area (Å²) < 4.78 is 0. The molecule has 0 radical (unpaired) electrons. The summed E-state index contributed by atoms with van der Waals surface area (Å²) in [5, 5.41) is 21.4. The number of carbonyl (C=O) groups excluding carboxylic acids is 1. The summed E-state index contributed by atoms with van der Waals surface area (Å²) in [4.78, 5) is 27.7. The first-order valence-corrected chi connectivity index (χ1v) is 7.66. The lowest BCUT2D eigenvalue weighted by atomic mass is 10.0. The van der Waals surface area contributed by atoms with Crippen molar-refractivity contribution in [2.75, 3.05) is 13.6 Å².